The zero-order valence-corrected chi connectivity index (χ0v) is 14.0. The van der Waals surface area contributed by atoms with Gasteiger partial charge in [-0.05, 0) is 55.6 Å². The molecule has 1 aromatic carbocycles. The van der Waals surface area contributed by atoms with Crippen molar-refractivity contribution < 1.29 is 9.18 Å². The number of rotatable bonds is 3. The van der Waals surface area contributed by atoms with E-state index in [1.165, 1.54) is 23.5 Å². The highest BCUT2D eigenvalue weighted by atomic mass is 79.9. The molecular formula is C13H10Br2FNOS. The minimum Gasteiger partial charge on any atom is -0.337 e. The first-order chi connectivity index (χ1) is 8.97. The molecule has 0 saturated heterocycles. The third kappa shape index (κ3) is 3.64. The summed E-state index contributed by atoms with van der Waals surface area (Å²) < 4.78 is 14.8. The lowest BCUT2D eigenvalue weighted by atomic mass is 10.2. The van der Waals surface area contributed by atoms with Gasteiger partial charge in [0.15, 0.2) is 0 Å². The second kappa shape index (κ2) is 6.15. The average Bonchev–Trinajstić information content (AvgIpc) is 2.68. The minimum atomic E-state index is -0.292. The Morgan fingerprint density at radius 2 is 2.11 bits per heavy atom. The van der Waals surface area contributed by atoms with Crippen molar-refractivity contribution in [2.24, 2.45) is 0 Å². The molecule has 0 fully saturated rings. The zero-order chi connectivity index (χ0) is 14.0. The largest absolute Gasteiger partial charge is 0.337 e. The summed E-state index contributed by atoms with van der Waals surface area (Å²) in [6.45, 7) is 0.379. The summed E-state index contributed by atoms with van der Waals surface area (Å²) in [5, 5.41) is 0. The van der Waals surface area contributed by atoms with E-state index in [4.69, 9.17) is 0 Å². The molecule has 0 N–H and O–H groups in total. The van der Waals surface area contributed by atoms with Crippen molar-refractivity contribution in [3.8, 4) is 0 Å². The summed E-state index contributed by atoms with van der Waals surface area (Å²) in [6.07, 6.45) is 0. The number of hydrogen-bond acceptors (Lipinski definition) is 2. The summed E-state index contributed by atoms with van der Waals surface area (Å²) in [5.41, 5.74) is 0.769. The first kappa shape index (κ1) is 14.7. The highest BCUT2D eigenvalue weighted by Crippen LogP contribution is 2.33. The van der Waals surface area contributed by atoms with Gasteiger partial charge in [-0.2, -0.15) is 0 Å². The van der Waals surface area contributed by atoms with E-state index in [1.807, 2.05) is 0 Å². The molecule has 1 amide bonds. The summed E-state index contributed by atoms with van der Waals surface area (Å²) in [7, 11) is 1.70. The van der Waals surface area contributed by atoms with Gasteiger partial charge >= 0.3 is 0 Å². The van der Waals surface area contributed by atoms with Gasteiger partial charge in [0.05, 0.1) is 8.66 Å². The Balaban J connectivity index is 2.11. The fourth-order valence-electron chi connectivity index (χ4n) is 1.62. The van der Waals surface area contributed by atoms with Crippen LogP contribution in [0.25, 0.3) is 0 Å². The van der Waals surface area contributed by atoms with Gasteiger partial charge in [-0.1, -0.05) is 12.1 Å². The van der Waals surface area contributed by atoms with Crippen molar-refractivity contribution in [1.82, 2.24) is 4.90 Å². The van der Waals surface area contributed by atoms with E-state index in [0.29, 0.717) is 11.4 Å². The van der Waals surface area contributed by atoms with Crippen molar-refractivity contribution in [1.29, 1.82) is 0 Å². The summed E-state index contributed by atoms with van der Waals surface area (Å²) in [6, 6.07) is 8.04. The van der Waals surface area contributed by atoms with Crippen LogP contribution in [0.3, 0.4) is 0 Å². The highest BCUT2D eigenvalue weighted by molar-refractivity contribution is 9.13. The molecular weight excluding hydrogens is 397 g/mol. The van der Waals surface area contributed by atoms with Gasteiger partial charge < -0.3 is 4.90 Å². The molecule has 19 heavy (non-hydrogen) atoms. The van der Waals surface area contributed by atoms with Gasteiger partial charge in [0.1, 0.15) is 5.82 Å². The molecule has 2 nitrogen and oxygen atoms in total. The van der Waals surface area contributed by atoms with E-state index in [2.05, 4.69) is 31.9 Å². The maximum absolute atomic E-state index is 13.1. The van der Waals surface area contributed by atoms with Crippen molar-refractivity contribution in [3.05, 3.63) is 54.8 Å². The van der Waals surface area contributed by atoms with Gasteiger partial charge in [0.25, 0.3) is 5.91 Å². The number of halogens is 3. The van der Waals surface area contributed by atoms with Crippen molar-refractivity contribution in [3.63, 3.8) is 0 Å². The zero-order valence-electron chi connectivity index (χ0n) is 9.99. The molecule has 0 aliphatic carbocycles. The van der Waals surface area contributed by atoms with E-state index in [-0.39, 0.29) is 11.7 Å². The fourth-order valence-corrected chi connectivity index (χ4v) is 3.65. The number of nitrogens with zero attached hydrogens (tertiary/aromatic N) is 1. The fraction of sp³-hybridized carbons (Fsp3) is 0.154. The van der Waals surface area contributed by atoms with Crippen LogP contribution in [-0.2, 0) is 6.54 Å². The normalized spacial score (nSPS) is 10.5. The average molecular weight is 407 g/mol. The Hall–Kier alpha value is -0.720. The molecule has 0 aliphatic rings. The standard InChI is InChI=1S/C13H10Br2FNOS/c1-17(7-8-3-2-4-9(16)5-8)13(18)11-6-10(14)12(15)19-11/h2-6H,7H2,1H3. The smallest absolute Gasteiger partial charge is 0.264 e. The maximum atomic E-state index is 13.1. The molecule has 2 rings (SSSR count). The number of carbonyl (C=O) groups excluding carboxylic acids is 1. The van der Waals surface area contributed by atoms with E-state index in [1.54, 1.807) is 30.1 Å². The highest BCUT2D eigenvalue weighted by Gasteiger charge is 2.16. The second-order valence-electron chi connectivity index (χ2n) is 4.02. The Labute approximate surface area is 131 Å². The molecule has 1 aromatic heterocycles. The van der Waals surface area contributed by atoms with Crippen molar-refractivity contribution >= 4 is 49.1 Å². The van der Waals surface area contributed by atoms with Gasteiger partial charge in [-0.3, -0.25) is 4.79 Å². The Kier molecular flexibility index (Phi) is 4.76. The summed E-state index contributed by atoms with van der Waals surface area (Å²) in [5.74, 6) is -0.374. The Bertz CT molecular complexity index is 595. The van der Waals surface area contributed by atoms with E-state index in [9.17, 15) is 9.18 Å². The number of amides is 1. The molecule has 0 radical (unpaired) electrons. The first-order valence-electron chi connectivity index (χ1n) is 5.42. The third-order valence-corrected chi connectivity index (χ3v) is 5.76. The molecule has 0 bridgehead atoms. The third-order valence-electron chi connectivity index (χ3n) is 2.51. The number of carbonyl (C=O) groups is 1. The van der Waals surface area contributed by atoms with E-state index < -0.39 is 0 Å². The molecule has 2 aromatic rings. The van der Waals surface area contributed by atoms with E-state index >= 15 is 0 Å². The van der Waals surface area contributed by atoms with Crippen LogP contribution in [0.2, 0.25) is 0 Å². The monoisotopic (exact) mass is 405 g/mol. The van der Waals surface area contributed by atoms with Crippen LogP contribution in [0.15, 0.2) is 38.6 Å². The van der Waals surface area contributed by atoms with Crippen LogP contribution >= 0.6 is 43.2 Å². The van der Waals surface area contributed by atoms with Crippen LogP contribution in [0.5, 0.6) is 0 Å². The second-order valence-corrected chi connectivity index (χ2v) is 7.25. The lowest BCUT2D eigenvalue weighted by molar-refractivity contribution is 0.0789. The predicted octanol–water partition coefficient (Wildman–Crippen LogP) is 4.68. The van der Waals surface area contributed by atoms with Crippen molar-refractivity contribution in [2.75, 3.05) is 7.05 Å². The van der Waals surface area contributed by atoms with Crippen LogP contribution in [0.1, 0.15) is 15.2 Å². The van der Waals surface area contributed by atoms with Gasteiger partial charge in [0, 0.05) is 18.1 Å². The topological polar surface area (TPSA) is 20.3 Å². The lowest BCUT2D eigenvalue weighted by Crippen LogP contribution is -2.25. The number of hydrogen-bond donors (Lipinski definition) is 0. The Morgan fingerprint density at radius 3 is 2.68 bits per heavy atom. The SMILES string of the molecule is CN(Cc1cccc(F)c1)C(=O)c1cc(Br)c(Br)s1. The molecule has 6 heteroatoms. The molecule has 100 valence electrons. The maximum Gasteiger partial charge on any atom is 0.264 e. The van der Waals surface area contributed by atoms with Gasteiger partial charge in [-0.15, -0.1) is 11.3 Å². The molecule has 1 heterocycles. The van der Waals surface area contributed by atoms with Crippen LogP contribution in [-0.4, -0.2) is 17.9 Å². The number of thiophene rings is 1. The predicted molar refractivity (Wildman–Crippen MR) is 81.9 cm³/mol. The molecule has 0 saturated carbocycles. The van der Waals surface area contributed by atoms with Crippen LogP contribution in [0, 0.1) is 5.82 Å². The summed E-state index contributed by atoms with van der Waals surface area (Å²) in [4.78, 5) is 14.4. The first-order valence-corrected chi connectivity index (χ1v) is 7.82. The summed E-state index contributed by atoms with van der Waals surface area (Å²) >= 11 is 8.08. The molecule has 0 unspecified atom stereocenters. The minimum absolute atomic E-state index is 0.0827. The quantitative estimate of drug-likeness (QED) is 0.724. The van der Waals surface area contributed by atoms with Crippen LogP contribution < -0.4 is 0 Å². The van der Waals surface area contributed by atoms with Crippen LogP contribution in [0.4, 0.5) is 4.39 Å². The Morgan fingerprint density at radius 1 is 1.37 bits per heavy atom. The number of benzene rings is 1. The van der Waals surface area contributed by atoms with E-state index in [0.717, 1.165) is 13.8 Å². The van der Waals surface area contributed by atoms with Gasteiger partial charge in [0.2, 0.25) is 0 Å². The lowest BCUT2D eigenvalue weighted by Gasteiger charge is -2.16. The van der Waals surface area contributed by atoms with Gasteiger partial charge in [-0.25, -0.2) is 4.39 Å². The molecule has 0 spiro atoms. The molecule has 0 atom stereocenters. The molecule has 0 aliphatic heterocycles. The van der Waals surface area contributed by atoms with Crippen molar-refractivity contribution in [2.45, 2.75) is 6.54 Å².